The molecule has 0 spiro atoms. The highest BCUT2D eigenvalue weighted by Crippen LogP contribution is 2.39. The van der Waals surface area contributed by atoms with Crippen molar-refractivity contribution in [2.75, 3.05) is 22.9 Å². The number of fused-ring (bicyclic) bond motifs is 3. The van der Waals surface area contributed by atoms with E-state index in [1.54, 1.807) is 4.90 Å². The van der Waals surface area contributed by atoms with Crippen molar-refractivity contribution < 1.29 is 9.59 Å². The van der Waals surface area contributed by atoms with Crippen LogP contribution in [0.2, 0.25) is 0 Å². The molecule has 2 fully saturated rings. The number of piperazine rings is 1. The van der Waals surface area contributed by atoms with Crippen molar-refractivity contribution in [3.05, 3.63) is 53.9 Å². The molecule has 7 heteroatoms. The fraction of sp³-hybridized carbons (Fsp3) is 0.458. The summed E-state index contributed by atoms with van der Waals surface area (Å²) in [4.78, 5) is 37.0. The van der Waals surface area contributed by atoms with Crippen LogP contribution >= 0.6 is 0 Å². The minimum absolute atomic E-state index is 0. The smallest absolute Gasteiger partial charge is 0.248 e. The zero-order chi connectivity index (χ0) is 20.7. The molecule has 3 heterocycles. The normalized spacial score (nSPS) is 21.5. The molecule has 2 aliphatic heterocycles. The first-order valence-corrected chi connectivity index (χ1v) is 11.0. The molecule has 7 nitrogen and oxygen atoms in total. The molecule has 5 rings (SSSR count). The number of aromatic nitrogens is 1. The van der Waals surface area contributed by atoms with Gasteiger partial charge in [0.05, 0.1) is 11.4 Å². The van der Waals surface area contributed by atoms with Gasteiger partial charge in [-0.15, -0.1) is 0 Å². The first-order chi connectivity index (χ1) is 14.6. The fourth-order valence-electron chi connectivity index (χ4n) is 5.14. The van der Waals surface area contributed by atoms with E-state index >= 15 is 0 Å². The average Bonchev–Trinajstić information content (AvgIpc) is 2.78. The number of rotatable bonds is 3. The van der Waals surface area contributed by atoms with Crippen molar-refractivity contribution in [2.45, 2.75) is 57.7 Å². The van der Waals surface area contributed by atoms with E-state index in [0.717, 1.165) is 48.3 Å². The van der Waals surface area contributed by atoms with Crippen molar-refractivity contribution >= 4 is 23.2 Å². The minimum atomic E-state index is -0.457. The van der Waals surface area contributed by atoms with Gasteiger partial charge >= 0.3 is 0 Å². The SMILES string of the molecule is Cc1ccc(CN2CC3C(=O)N(C4CCCCC4)CC(=O)N3c3ccccc32)cn1.N. The number of benzene rings is 1. The molecular formula is C24H31N5O2. The standard InChI is InChI=1S/C24H28N4O2.H3N/c1-17-11-12-18(13-25-17)14-26-15-22-24(30)27(19-7-3-2-4-8-19)16-23(29)28(22)21-10-6-5-9-20(21)26;/h5-6,9-13,19,22H,2-4,7-8,14-16H2,1H3;1H3. The second kappa shape index (κ2) is 8.67. The molecule has 3 N–H and O–H groups in total. The van der Waals surface area contributed by atoms with Gasteiger partial charge in [0, 0.05) is 31.0 Å². The van der Waals surface area contributed by atoms with Gasteiger partial charge in [0.2, 0.25) is 11.8 Å². The van der Waals surface area contributed by atoms with Crippen LogP contribution in [0.15, 0.2) is 42.6 Å². The van der Waals surface area contributed by atoms with Gasteiger partial charge < -0.3 is 16.0 Å². The molecular weight excluding hydrogens is 390 g/mol. The van der Waals surface area contributed by atoms with Crippen molar-refractivity contribution in [2.24, 2.45) is 0 Å². The van der Waals surface area contributed by atoms with Gasteiger partial charge in [-0.3, -0.25) is 19.5 Å². The van der Waals surface area contributed by atoms with Crippen LogP contribution in [-0.2, 0) is 16.1 Å². The number of anilines is 2. The van der Waals surface area contributed by atoms with E-state index in [1.165, 1.54) is 6.42 Å². The van der Waals surface area contributed by atoms with E-state index in [9.17, 15) is 9.59 Å². The molecule has 1 unspecified atom stereocenters. The van der Waals surface area contributed by atoms with Crippen LogP contribution in [0.25, 0.3) is 0 Å². The summed E-state index contributed by atoms with van der Waals surface area (Å²) in [5, 5.41) is 0. The number of para-hydroxylation sites is 2. The number of nitrogens with zero attached hydrogens (tertiary/aromatic N) is 4. The molecule has 1 saturated carbocycles. The lowest BCUT2D eigenvalue weighted by atomic mass is 9.92. The number of carbonyl (C=O) groups is 2. The summed E-state index contributed by atoms with van der Waals surface area (Å²) in [6.45, 7) is 3.36. The molecule has 1 aromatic carbocycles. The lowest BCUT2D eigenvalue weighted by Crippen LogP contribution is -2.67. The lowest BCUT2D eigenvalue weighted by molar-refractivity contribution is -0.144. The van der Waals surface area contributed by atoms with Gasteiger partial charge in [-0.1, -0.05) is 37.5 Å². The molecule has 2 amide bonds. The molecule has 0 radical (unpaired) electrons. The largest absolute Gasteiger partial charge is 0.363 e. The highest BCUT2D eigenvalue weighted by atomic mass is 16.2. The van der Waals surface area contributed by atoms with Crippen molar-refractivity contribution in [1.82, 2.24) is 16.0 Å². The Balaban J connectivity index is 0.00000231. The summed E-state index contributed by atoms with van der Waals surface area (Å²) >= 11 is 0. The molecule has 2 aromatic rings. The summed E-state index contributed by atoms with van der Waals surface area (Å²) in [6, 6.07) is 11.8. The molecule has 0 bridgehead atoms. The van der Waals surface area contributed by atoms with Gasteiger partial charge in [0.15, 0.2) is 0 Å². The van der Waals surface area contributed by atoms with Crippen LogP contribution in [0.1, 0.15) is 43.4 Å². The molecule has 1 aromatic heterocycles. The fourth-order valence-corrected chi connectivity index (χ4v) is 5.14. The number of pyridine rings is 1. The number of hydrogen-bond donors (Lipinski definition) is 1. The highest BCUT2D eigenvalue weighted by molar-refractivity contribution is 6.09. The quantitative estimate of drug-likeness (QED) is 0.820. The minimum Gasteiger partial charge on any atom is -0.363 e. The highest BCUT2D eigenvalue weighted by Gasteiger charge is 2.46. The van der Waals surface area contributed by atoms with Gasteiger partial charge in [-0.05, 0) is 43.5 Å². The van der Waals surface area contributed by atoms with Gasteiger partial charge in [-0.25, -0.2) is 0 Å². The van der Waals surface area contributed by atoms with Crippen LogP contribution in [0.3, 0.4) is 0 Å². The molecule has 1 saturated heterocycles. The van der Waals surface area contributed by atoms with E-state index in [4.69, 9.17) is 0 Å². The molecule has 31 heavy (non-hydrogen) atoms. The summed E-state index contributed by atoms with van der Waals surface area (Å²) in [6.07, 6.45) is 7.45. The lowest BCUT2D eigenvalue weighted by Gasteiger charge is -2.49. The van der Waals surface area contributed by atoms with E-state index in [0.29, 0.717) is 13.1 Å². The molecule has 3 aliphatic rings. The topological polar surface area (TPSA) is 91.8 Å². The Morgan fingerprint density at radius 2 is 1.74 bits per heavy atom. The Morgan fingerprint density at radius 3 is 2.45 bits per heavy atom. The van der Waals surface area contributed by atoms with Gasteiger partial charge in [0.25, 0.3) is 0 Å². The zero-order valence-electron chi connectivity index (χ0n) is 18.2. The predicted molar refractivity (Wildman–Crippen MR) is 121 cm³/mol. The van der Waals surface area contributed by atoms with Gasteiger partial charge in [0.1, 0.15) is 12.6 Å². The monoisotopic (exact) mass is 421 g/mol. The van der Waals surface area contributed by atoms with Gasteiger partial charge in [-0.2, -0.15) is 0 Å². The van der Waals surface area contributed by atoms with E-state index in [-0.39, 0.29) is 30.6 Å². The summed E-state index contributed by atoms with van der Waals surface area (Å²) in [7, 11) is 0. The van der Waals surface area contributed by atoms with Crippen LogP contribution in [0, 0.1) is 6.92 Å². The zero-order valence-corrected chi connectivity index (χ0v) is 18.2. The molecule has 164 valence electrons. The predicted octanol–water partition coefficient (Wildman–Crippen LogP) is 3.45. The third-order valence-electron chi connectivity index (χ3n) is 6.69. The van der Waals surface area contributed by atoms with Crippen LogP contribution in [0.4, 0.5) is 11.4 Å². The number of aryl methyl sites for hydroxylation is 1. The van der Waals surface area contributed by atoms with Crippen molar-refractivity contribution in [3.63, 3.8) is 0 Å². The van der Waals surface area contributed by atoms with E-state index in [1.807, 2.05) is 48.4 Å². The Morgan fingerprint density at radius 1 is 1.00 bits per heavy atom. The second-order valence-corrected chi connectivity index (χ2v) is 8.71. The third-order valence-corrected chi connectivity index (χ3v) is 6.69. The Bertz CT molecular complexity index is 955. The second-order valence-electron chi connectivity index (χ2n) is 8.71. The maximum atomic E-state index is 13.6. The summed E-state index contributed by atoms with van der Waals surface area (Å²) in [5.74, 6) is 0.136. The first kappa shape index (κ1) is 21.3. The van der Waals surface area contributed by atoms with E-state index in [2.05, 4.69) is 16.0 Å². The van der Waals surface area contributed by atoms with Crippen molar-refractivity contribution in [1.29, 1.82) is 0 Å². The van der Waals surface area contributed by atoms with Crippen molar-refractivity contribution in [3.8, 4) is 0 Å². The average molecular weight is 422 g/mol. The Labute approximate surface area is 183 Å². The maximum Gasteiger partial charge on any atom is 0.248 e. The van der Waals surface area contributed by atoms with E-state index < -0.39 is 6.04 Å². The number of hydrogen-bond acceptors (Lipinski definition) is 5. The first-order valence-electron chi connectivity index (χ1n) is 11.0. The van der Waals surface area contributed by atoms with Crippen LogP contribution in [0.5, 0.6) is 0 Å². The molecule has 1 atom stereocenters. The maximum absolute atomic E-state index is 13.6. The Kier molecular flexibility index (Phi) is 5.96. The van der Waals surface area contributed by atoms with Crippen LogP contribution < -0.4 is 16.0 Å². The Hall–Kier alpha value is -2.93. The number of amides is 2. The van der Waals surface area contributed by atoms with Crippen LogP contribution in [-0.4, -0.2) is 46.9 Å². The summed E-state index contributed by atoms with van der Waals surface area (Å²) < 4.78 is 0. The third kappa shape index (κ3) is 3.90. The number of carbonyl (C=O) groups excluding carboxylic acids is 2. The molecule has 1 aliphatic carbocycles. The summed E-state index contributed by atoms with van der Waals surface area (Å²) in [5.41, 5.74) is 3.93.